The third kappa shape index (κ3) is 4.30. The highest BCUT2D eigenvalue weighted by atomic mass is 32.2. The van der Waals surface area contributed by atoms with Crippen molar-refractivity contribution in [3.8, 4) is 11.5 Å². The van der Waals surface area contributed by atoms with Crippen LogP contribution in [0.15, 0.2) is 34.9 Å². The monoisotopic (exact) mass is 321 g/mol. The van der Waals surface area contributed by atoms with Crippen LogP contribution < -0.4 is 0 Å². The van der Waals surface area contributed by atoms with Gasteiger partial charge in [-0.2, -0.15) is 21.6 Å². The summed E-state index contributed by atoms with van der Waals surface area (Å²) in [5.41, 5.74) is -0.220. The van der Waals surface area contributed by atoms with Gasteiger partial charge in [-0.25, -0.2) is 4.98 Å². The first kappa shape index (κ1) is 15.5. The number of oxazole rings is 1. The molecule has 0 aliphatic heterocycles. The van der Waals surface area contributed by atoms with Gasteiger partial charge in [0.1, 0.15) is 18.6 Å². The average molecular weight is 321 g/mol. The Kier molecular flexibility index (Phi) is 4.06. The Labute approximate surface area is 118 Å². The van der Waals surface area contributed by atoms with Crippen LogP contribution in [0.3, 0.4) is 0 Å². The van der Waals surface area contributed by atoms with Crippen molar-refractivity contribution in [1.29, 1.82) is 0 Å². The molecule has 5 nitrogen and oxygen atoms in total. The standard InChI is InChI=1S/C12H10F3NO4S/c1-21(17,18)20-7-10-6-19-11(16-10)8-2-4-9(5-3-8)12(13,14)15/h2-6H,7H2,1H3. The fraction of sp³-hybridized carbons (Fsp3) is 0.250. The van der Waals surface area contributed by atoms with Gasteiger partial charge in [-0.3, -0.25) is 4.18 Å². The van der Waals surface area contributed by atoms with Crippen LogP contribution in [0.1, 0.15) is 11.3 Å². The van der Waals surface area contributed by atoms with E-state index in [4.69, 9.17) is 4.42 Å². The van der Waals surface area contributed by atoms with E-state index in [1.165, 1.54) is 18.4 Å². The van der Waals surface area contributed by atoms with E-state index in [1.54, 1.807) is 0 Å². The van der Waals surface area contributed by atoms with Gasteiger partial charge in [-0.15, -0.1) is 0 Å². The number of nitrogens with zero attached hydrogens (tertiary/aromatic N) is 1. The van der Waals surface area contributed by atoms with Gasteiger partial charge in [-0.05, 0) is 24.3 Å². The van der Waals surface area contributed by atoms with E-state index in [0.29, 0.717) is 5.56 Å². The Morgan fingerprint density at radius 3 is 2.38 bits per heavy atom. The SMILES string of the molecule is CS(=O)(=O)OCc1coc(-c2ccc(C(F)(F)F)cc2)n1. The molecule has 21 heavy (non-hydrogen) atoms. The molecule has 0 radical (unpaired) electrons. The van der Waals surface area contributed by atoms with Crippen LogP contribution in [0.4, 0.5) is 13.2 Å². The summed E-state index contributed by atoms with van der Waals surface area (Å²) in [6.45, 7) is -0.303. The maximum absolute atomic E-state index is 12.4. The van der Waals surface area contributed by atoms with E-state index >= 15 is 0 Å². The van der Waals surface area contributed by atoms with E-state index < -0.39 is 21.9 Å². The minimum absolute atomic E-state index is 0.0795. The highest BCUT2D eigenvalue weighted by Crippen LogP contribution is 2.30. The third-order valence-electron chi connectivity index (χ3n) is 2.43. The van der Waals surface area contributed by atoms with Gasteiger partial charge < -0.3 is 4.42 Å². The van der Waals surface area contributed by atoms with Crippen molar-refractivity contribution in [3.63, 3.8) is 0 Å². The second-order valence-electron chi connectivity index (χ2n) is 4.19. The Morgan fingerprint density at radius 2 is 1.86 bits per heavy atom. The molecular weight excluding hydrogens is 311 g/mol. The minimum atomic E-state index is -4.41. The number of hydrogen-bond donors (Lipinski definition) is 0. The first-order valence-electron chi connectivity index (χ1n) is 5.61. The lowest BCUT2D eigenvalue weighted by atomic mass is 10.1. The van der Waals surface area contributed by atoms with Crippen molar-refractivity contribution >= 4 is 10.1 Å². The van der Waals surface area contributed by atoms with Crippen molar-refractivity contribution in [2.45, 2.75) is 12.8 Å². The number of benzene rings is 1. The molecule has 0 atom stereocenters. The molecule has 0 aliphatic carbocycles. The Balaban J connectivity index is 2.14. The predicted octanol–water partition coefficient (Wildman–Crippen LogP) is 2.84. The fourth-order valence-corrected chi connectivity index (χ4v) is 1.81. The van der Waals surface area contributed by atoms with Gasteiger partial charge >= 0.3 is 6.18 Å². The molecule has 2 rings (SSSR count). The highest BCUT2D eigenvalue weighted by molar-refractivity contribution is 7.85. The molecule has 0 unspecified atom stereocenters. The topological polar surface area (TPSA) is 69.4 Å². The molecule has 2 aromatic rings. The maximum Gasteiger partial charge on any atom is 0.416 e. The largest absolute Gasteiger partial charge is 0.444 e. The molecule has 0 saturated heterocycles. The van der Waals surface area contributed by atoms with E-state index in [2.05, 4.69) is 9.17 Å². The summed E-state index contributed by atoms with van der Waals surface area (Å²) in [4.78, 5) is 3.94. The number of aromatic nitrogens is 1. The zero-order valence-corrected chi connectivity index (χ0v) is 11.5. The maximum atomic E-state index is 12.4. The zero-order chi connectivity index (χ0) is 15.7. The van der Waals surface area contributed by atoms with Crippen molar-refractivity contribution in [1.82, 2.24) is 4.98 Å². The van der Waals surface area contributed by atoms with Gasteiger partial charge in [0.15, 0.2) is 0 Å². The molecule has 1 aromatic carbocycles. The number of rotatable bonds is 4. The summed E-state index contributed by atoms with van der Waals surface area (Å²) in [6, 6.07) is 4.25. The first-order valence-corrected chi connectivity index (χ1v) is 7.43. The molecule has 1 heterocycles. The fourth-order valence-electron chi connectivity index (χ4n) is 1.48. The molecule has 0 spiro atoms. The van der Waals surface area contributed by atoms with Crippen molar-refractivity contribution in [2.24, 2.45) is 0 Å². The van der Waals surface area contributed by atoms with Gasteiger partial charge in [0.2, 0.25) is 5.89 Å². The van der Waals surface area contributed by atoms with Crippen molar-refractivity contribution < 1.29 is 30.2 Å². The Hall–Kier alpha value is -1.87. The molecule has 114 valence electrons. The average Bonchev–Trinajstić information content (AvgIpc) is 2.83. The smallest absolute Gasteiger partial charge is 0.416 e. The lowest BCUT2D eigenvalue weighted by Gasteiger charge is -2.05. The number of alkyl halides is 3. The van der Waals surface area contributed by atoms with E-state index in [0.717, 1.165) is 18.4 Å². The number of halogens is 3. The second kappa shape index (κ2) is 5.49. The van der Waals surface area contributed by atoms with Crippen LogP contribution in [-0.4, -0.2) is 19.7 Å². The molecule has 0 fully saturated rings. The predicted molar refractivity (Wildman–Crippen MR) is 66.6 cm³/mol. The molecule has 0 amide bonds. The summed E-state index contributed by atoms with van der Waals surface area (Å²) in [5.74, 6) is 0.0795. The van der Waals surface area contributed by atoms with Crippen LogP contribution in [0.5, 0.6) is 0 Å². The molecule has 0 N–H and O–H groups in total. The number of hydrogen-bond acceptors (Lipinski definition) is 5. The molecule has 1 aromatic heterocycles. The molecule has 9 heteroatoms. The summed E-state index contributed by atoms with van der Waals surface area (Å²) in [7, 11) is -3.61. The minimum Gasteiger partial charge on any atom is -0.444 e. The Bertz CT molecular complexity index is 720. The second-order valence-corrected chi connectivity index (χ2v) is 5.83. The van der Waals surface area contributed by atoms with Crippen LogP contribution >= 0.6 is 0 Å². The van der Waals surface area contributed by atoms with Gasteiger partial charge in [0.05, 0.1) is 11.8 Å². The molecular formula is C12H10F3NO4S. The third-order valence-corrected chi connectivity index (χ3v) is 2.98. The first-order chi connectivity index (χ1) is 9.65. The van der Waals surface area contributed by atoms with Crippen LogP contribution in [0, 0.1) is 0 Å². The van der Waals surface area contributed by atoms with Crippen LogP contribution in [-0.2, 0) is 27.1 Å². The molecule has 0 saturated carbocycles. The normalized spacial score (nSPS) is 12.6. The van der Waals surface area contributed by atoms with E-state index in [-0.39, 0.29) is 18.2 Å². The summed E-state index contributed by atoms with van der Waals surface area (Å²) in [5, 5.41) is 0. The lowest BCUT2D eigenvalue weighted by molar-refractivity contribution is -0.137. The Morgan fingerprint density at radius 1 is 1.24 bits per heavy atom. The molecule has 0 aliphatic rings. The van der Waals surface area contributed by atoms with Gasteiger partial charge in [0, 0.05) is 5.56 Å². The van der Waals surface area contributed by atoms with Crippen LogP contribution in [0.2, 0.25) is 0 Å². The van der Waals surface area contributed by atoms with E-state index in [9.17, 15) is 21.6 Å². The van der Waals surface area contributed by atoms with Gasteiger partial charge in [0.25, 0.3) is 10.1 Å². The van der Waals surface area contributed by atoms with Gasteiger partial charge in [-0.1, -0.05) is 0 Å². The summed E-state index contributed by atoms with van der Waals surface area (Å²) in [6.07, 6.45) is -2.34. The van der Waals surface area contributed by atoms with Crippen molar-refractivity contribution in [3.05, 3.63) is 41.8 Å². The summed E-state index contributed by atoms with van der Waals surface area (Å²) >= 11 is 0. The highest BCUT2D eigenvalue weighted by Gasteiger charge is 2.30. The van der Waals surface area contributed by atoms with Crippen LogP contribution in [0.25, 0.3) is 11.5 Å². The quantitative estimate of drug-likeness (QED) is 0.810. The lowest BCUT2D eigenvalue weighted by Crippen LogP contribution is -2.04. The van der Waals surface area contributed by atoms with Crippen molar-refractivity contribution in [2.75, 3.05) is 6.26 Å². The van der Waals surface area contributed by atoms with E-state index in [1.807, 2.05) is 0 Å². The molecule has 0 bridgehead atoms. The summed E-state index contributed by atoms with van der Waals surface area (Å²) < 4.78 is 68.5. The zero-order valence-electron chi connectivity index (χ0n) is 10.7.